The molecule has 0 spiro atoms. The number of hydrogen-bond donors (Lipinski definition) is 5. The Morgan fingerprint density at radius 3 is 2.53 bits per heavy atom. The quantitative estimate of drug-likeness (QED) is 0.379. The van der Waals surface area contributed by atoms with Gasteiger partial charge < -0.3 is 21.5 Å². The summed E-state index contributed by atoms with van der Waals surface area (Å²) in [5.74, 6) is 0. The minimum Gasteiger partial charge on any atom is -0.465 e. The number of rotatable bonds is 9. The minimum atomic E-state index is -3.48. The van der Waals surface area contributed by atoms with E-state index in [-0.39, 0.29) is 12.6 Å². The van der Waals surface area contributed by atoms with Gasteiger partial charge in [0.15, 0.2) is 0 Å². The molecule has 0 aliphatic carbocycles. The molecule has 1 aromatic heterocycles. The first-order valence-electron chi connectivity index (χ1n) is 9.72. The van der Waals surface area contributed by atoms with Crippen molar-refractivity contribution in [2.75, 3.05) is 23.9 Å². The number of benzene rings is 1. The summed E-state index contributed by atoms with van der Waals surface area (Å²) >= 11 is 0. The van der Waals surface area contributed by atoms with E-state index in [2.05, 4.69) is 20.3 Å². The van der Waals surface area contributed by atoms with Crippen LogP contribution in [0.1, 0.15) is 33.6 Å². The Hall–Kier alpha value is -2.59. The second-order valence-corrected chi connectivity index (χ2v) is 10.2. The Labute approximate surface area is 177 Å². The second kappa shape index (κ2) is 9.48. The minimum absolute atomic E-state index is 0.260. The first-order valence-corrected chi connectivity index (χ1v) is 11.6. The SMILES string of the molecule is CC(C)(C)C(NS(C)(=O)=O)[C@H](CCCNC(=O)O)Nc1c(N)cnc2ccccc12. The Morgan fingerprint density at radius 2 is 1.93 bits per heavy atom. The van der Waals surface area contributed by atoms with Crippen LogP contribution in [0.4, 0.5) is 16.2 Å². The van der Waals surface area contributed by atoms with Gasteiger partial charge in [-0.15, -0.1) is 0 Å². The third-order valence-electron chi connectivity index (χ3n) is 4.78. The molecule has 1 aromatic carbocycles. The van der Waals surface area contributed by atoms with E-state index in [9.17, 15) is 13.2 Å². The second-order valence-electron chi connectivity index (χ2n) is 8.46. The lowest BCUT2D eigenvalue weighted by atomic mass is 9.81. The highest BCUT2D eigenvalue weighted by Crippen LogP contribution is 2.32. The van der Waals surface area contributed by atoms with Gasteiger partial charge in [0, 0.05) is 24.0 Å². The molecule has 0 radical (unpaired) electrons. The number of nitrogens with one attached hydrogen (secondary N) is 3. The molecule has 0 fully saturated rings. The van der Waals surface area contributed by atoms with Crippen molar-refractivity contribution < 1.29 is 18.3 Å². The molecule has 9 nitrogen and oxygen atoms in total. The molecule has 2 atom stereocenters. The number of carboxylic acid groups (broad SMARTS) is 1. The molecular weight excluding hydrogens is 406 g/mol. The largest absolute Gasteiger partial charge is 0.465 e. The molecule has 6 N–H and O–H groups in total. The summed E-state index contributed by atoms with van der Waals surface area (Å²) in [4.78, 5) is 15.1. The maximum atomic E-state index is 12.1. The summed E-state index contributed by atoms with van der Waals surface area (Å²) in [7, 11) is -3.48. The number of carbonyl (C=O) groups is 1. The van der Waals surface area contributed by atoms with Gasteiger partial charge >= 0.3 is 6.09 Å². The zero-order chi connectivity index (χ0) is 22.5. The normalized spacial score (nSPS) is 14.3. The molecule has 2 aromatic rings. The highest BCUT2D eigenvalue weighted by molar-refractivity contribution is 7.88. The molecule has 0 saturated heterocycles. The van der Waals surface area contributed by atoms with Gasteiger partial charge in [0.2, 0.25) is 10.0 Å². The molecule has 10 heteroatoms. The van der Waals surface area contributed by atoms with Crippen molar-refractivity contribution in [1.29, 1.82) is 0 Å². The van der Waals surface area contributed by atoms with Gasteiger partial charge in [-0.1, -0.05) is 39.0 Å². The van der Waals surface area contributed by atoms with Crippen LogP contribution in [-0.2, 0) is 10.0 Å². The number of nitrogens with zero attached hydrogens (tertiary/aromatic N) is 1. The smallest absolute Gasteiger partial charge is 0.404 e. The third kappa shape index (κ3) is 6.74. The molecule has 1 amide bonds. The number of aromatic nitrogens is 1. The summed E-state index contributed by atoms with van der Waals surface area (Å²) in [6.45, 7) is 6.12. The fourth-order valence-electron chi connectivity index (χ4n) is 3.44. The Morgan fingerprint density at radius 1 is 1.27 bits per heavy atom. The number of anilines is 2. The van der Waals surface area contributed by atoms with E-state index in [0.717, 1.165) is 17.2 Å². The molecule has 0 aliphatic rings. The summed E-state index contributed by atoms with van der Waals surface area (Å²) in [5, 5.41) is 15.4. The van der Waals surface area contributed by atoms with Crippen LogP contribution in [0.2, 0.25) is 0 Å². The maximum Gasteiger partial charge on any atom is 0.404 e. The topological polar surface area (TPSA) is 146 Å². The van der Waals surface area contributed by atoms with Crippen molar-refractivity contribution in [2.45, 2.75) is 45.7 Å². The number of para-hydroxylation sites is 1. The van der Waals surface area contributed by atoms with Crippen molar-refractivity contribution in [2.24, 2.45) is 5.41 Å². The van der Waals surface area contributed by atoms with Crippen molar-refractivity contribution in [3.05, 3.63) is 30.5 Å². The number of nitrogen functional groups attached to an aromatic ring is 1. The fourth-order valence-corrected chi connectivity index (χ4v) is 4.41. The highest BCUT2D eigenvalue weighted by atomic mass is 32.2. The van der Waals surface area contributed by atoms with Crippen LogP contribution in [0.15, 0.2) is 30.5 Å². The standard InChI is InChI=1S/C20H31N5O4S/c1-20(2,3)18(25-30(4,28)29)16(10-7-11-22-19(26)27)24-17-13-8-5-6-9-15(13)23-12-14(17)21/h5-6,8-9,12,16,18,22,25H,7,10-11,21H2,1-4H3,(H,23,24)(H,26,27)/t16-,18?/m0/s1. The van der Waals surface area contributed by atoms with E-state index in [1.807, 2.05) is 45.0 Å². The number of pyridine rings is 1. The van der Waals surface area contributed by atoms with Crippen molar-refractivity contribution in [1.82, 2.24) is 15.0 Å². The summed E-state index contributed by atoms with van der Waals surface area (Å²) in [6, 6.07) is 6.73. The molecule has 166 valence electrons. The van der Waals surface area contributed by atoms with Crippen LogP contribution in [0.5, 0.6) is 0 Å². The van der Waals surface area contributed by atoms with Crippen molar-refractivity contribution >= 4 is 38.4 Å². The van der Waals surface area contributed by atoms with Crippen LogP contribution >= 0.6 is 0 Å². The molecule has 1 unspecified atom stereocenters. The number of hydrogen-bond acceptors (Lipinski definition) is 6. The summed E-state index contributed by atoms with van der Waals surface area (Å²) < 4.78 is 26.9. The number of amides is 1. The summed E-state index contributed by atoms with van der Waals surface area (Å²) in [6.07, 6.45) is 2.64. The molecular formula is C20H31N5O4S. The first kappa shape index (κ1) is 23.7. The van der Waals surface area contributed by atoms with Crippen LogP contribution in [0.3, 0.4) is 0 Å². The van der Waals surface area contributed by atoms with E-state index in [4.69, 9.17) is 10.8 Å². The third-order valence-corrected chi connectivity index (χ3v) is 5.46. The maximum absolute atomic E-state index is 12.1. The lowest BCUT2D eigenvalue weighted by molar-refractivity contribution is 0.194. The van der Waals surface area contributed by atoms with Crippen LogP contribution in [0, 0.1) is 5.41 Å². The van der Waals surface area contributed by atoms with E-state index in [1.54, 1.807) is 6.20 Å². The molecule has 0 saturated carbocycles. The van der Waals surface area contributed by atoms with Gasteiger partial charge in [-0.2, -0.15) is 0 Å². The van der Waals surface area contributed by atoms with Gasteiger partial charge in [-0.3, -0.25) is 4.98 Å². The lowest BCUT2D eigenvalue weighted by Gasteiger charge is -2.38. The number of fused-ring (bicyclic) bond motifs is 1. The van der Waals surface area contributed by atoms with E-state index in [0.29, 0.717) is 24.2 Å². The number of sulfonamides is 1. The molecule has 2 rings (SSSR count). The predicted molar refractivity (Wildman–Crippen MR) is 120 cm³/mol. The van der Waals surface area contributed by atoms with Crippen molar-refractivity contribution in [3.8, 4) is 0 Å². The molecule has 30 heavy (non-hydrogen) atoms. The average Bonchev–Trinajstić information content (AvgIpc) is 2.62. The highest BCUT2D eigenvalue weighted by Gasteiger charge is 2.34. The summed E-state index contributed by atoms with van der Waals surface area (Å²) in [5.41, 5.74) is 7.70. The van der Waals surface area contributed by atoms with Crippen LogP contribution < -0.4 is 21.1 Å². The van der Waals surface area contributed by atoms with E-state index >= 15 is 0 Å². The van der Waals surface area contributed by atoms with Gasteiger partial charge in [0.1, 0.15) is 0 Å². The molecule has 1 heterocycles. The van der Waals surface area contributed by atoms with Crippen molar-refractivity contribution in [3.63, 3.8) is 0 Å². The van der Waals surface area contributed by atoms with Gasteiger partial charge in [0.25, 0.3) is 0 Å². The molecule has 0 bridgehead atoms. The lowest BCUT2D eigenvalue weighted by Crippen LogP contribution is -2.53. The fraction of sp³-hybridized carbons (Fsp3) is 0.500. The van der Waals surface area contributed by atoms with E-state index < -0.39 is 27.6 Å². The van der Waals surface area contributed by atoms with Crippen LogP contribution in [-0.4, -0.2) is 49.5 Å². The Kier molecular flexibility index (Phi) is 7.49. The average molecular weight is 438 g/mol. The number of nitrogens with two attached hydrogens (primary N) is 1. The Bertz CT molecular complexity index is 988. The molecule has 0 aliphatic heterocycles. The van der Waals surface area contributed by atoms with Gasteiger partial charge in [-0.05, 0) is 24.3 Å². The monoisotopic (exact) mass is 437 g/mol. The van der Waals surface area contributed by atoms with E-state index in [1.165, 1.54) is 0 Å². The van der Waals surface area contributed by atoms with Crippen LogP contribution in [0.25, 0.3) is 10.9 Å². The van der Waals surface area contributed by atoms with Gasteiger partial charge in [-0.25, -0.2) is 17.9 Å². The van der Waals surface area contributed by atoms with Gasteiger partial charge in [0.05, 0.1) is 29.3 Å². The zero-order valence-electron chi connectivity index (χ0n) is 17.8. The predicted octanol–water partition coefficient (Wildman–Crippen LogP) is 2.61. The zero-order valence-corrected chi connectivity index (χ0v) is 18.6. The first-order chi connectivity index (χ1) is 13.9. The Balaban J connectivity index is 2.42.